The minimum Gasteiger partial charge on any atom is -0.261 e. The summed E-state index contributed by atoms with van der Waals surface area (Å²) in [7, 11) is 0. The van der Waals surface area contributed by atoms with Crippen molar-refractivity contribution in [3.05, 3.63) is 176 Å². The van der Waals surface area contributed by atoms with Crippen molar-refractivity contribution in [2.75, 3.05) is 0 Å². The van der Waals surface area contributed by atoms with E-state index in [0.717, 1.165) is 56.0 Å². The van der Waals surface area contributed by atoms with Gasteiger partial charge in [-0.2, -0.15) is 0 Å². The molecule has 0 aliphatic rings. The van der Waals surface area contributed by atoms with Crippen LogP contribution < -0.4 is 0 Å². The molecule has 2 heterocycles. The molecular formula is C46H31N3. The lowest BCUT2D eigenvalue weighted by molar-refractivity contribution is 1.18. The average molecular weight is 626 g/mol. The highest BCUT2D eigenvalue weighted by Gasteiger charge is 2.15. The van der Waals surface area contributed by atoms with Gasteiger partial charge in [0, 0.05) is 34.1 Å². The summed E-state index contributed by atoms with van der Waals surface area (Å²) >= 11 is 0. The number of fused-ring (bicyclic) bond motifs is 6. The second kappa shape index (κ2) is 12.0. The number of aromatic nitrogens is 3. The monoisotopic (exact) mass is 625 g/mol. The van der Waals surface area contributed by atoms with Gasteiger partial charge in [-0.05, 0) is 92.3 Å². The fraction of sp³-hybridized carbons (Fsp3) is 0.0217. The fourth-order valence-electron chi connectivity index (χ4n) is 6.91. The summed E-state index contributed by atoms with van der Waals surface area (Å²) in [5, 5.41) is 7.56. The van der Waals surface area contributed by atoms with Crippen molar-refractivity contribution in [3.63, 3.8) is 0 Å². The van der Waals surface area contributed by atoms with Gasteiger partial charge < -0.3 is 0 Å². The first-order chi connectivity index (χ1) is 24.2. The second-order valence-corrected chi connectivity index (χ2v) is 12.5. The van der Waals surface area contributed by atoms with Crippen LogP contribution in [-0.4, -0.2) is 15.0 Å². The average Bonchev–Trinajstić information content (AvgIpc) is 3.18. The number of nitrogens with zero attached hydrogens (tertiary/aromatic N) is 3. The lowest BCUT2D eigenvalue weighted by atomic mass is 9.91. The topological polar surface area (TPSA) is 38.7 Å². The van der Waals surface area contributed by atoms with Crippen LogP contribution in [0.15, 0.2) is 170 Å². The lowest BCUT2D eigenvalue weighted by Crippen LogP contribution is -1.97. The molecule has 0 radical (unpaired) electrons. The van der Waals surface area contributed by atoms with Crippen molar-refractivity contribution in [3.8, 4) is 56.2 Å². The minimum atomic E-state index is 0.681. The second-order valence-electron chi connectivity index (χ2n) is 12.5. The molecule has 3 nitrogen and oxygen atoms in total. The molecule has 9 rings (SSSR count). The van der Waals surface area contributed by atoms with Gasteiger partial charge in [-0.25, -0.2) is 9.97 Å². The van der Waals surface area contributed by atoms with E-state index < -0.39 is 0 Å². The van der Waals surface area contributed by atoms with Gasteiger partial charge in [-0.1, -0.05) is 127 Å². The maximum absolute atomic E-state index is 5.18. The van der Waals surface area contributed by atoms with Gasteiger partial charge in [0.2, 0.25) is 0 Å². The predicted molar refractivity (Wildman–Crippen MR) is 204 cm³/mol. The van der Waals surface area contributed by atoms with Crippen molar-refractivity contribution in [2.45, 2.75) is 6.92 Å². The number of hydrogen-bond donors (Lipinski definition) is 0. The predicted octanol–water partition coefficient (Wildman–Crippen LogP) is 12.0. The maximum atomic E-state index is 5.18. The van der Waals surface area contributed by atoms with E-state index in [9.17, 15) is 0 Å². The van der Waals surface area contributed by atoms with E-state index in [0.29, 0.717) is 5.82 Å². The Balaban J connectivity index is 1.29. The third-order valence-electron chi connectivity index (χ3n) is 9.38. The van der Waals surface area contributed by atoms with E-state index in [-0.39, 0.29) is 0 Å². The lowest BCUT2D eigenvalue weighted by Gasteiger charge is -2.14. The maximum Gasteiger partial charge on any atom is 0.160 e. The molecule has 9 aromatic rings. The summed E-state index contributed by atoms with van der Waals surface area (Å²) in [4.78, 5) is 15.0. The molecule has 0 aliphatic heterocycles. The van der Waals surface area contributed by atoms with Crippen LogP contribution in [0.1, 0.15) is 5.69 Å². The van der Waals surface area contributed by atoms with E-state index in [4.69, 9.17) is 9.97 Å². The molecule has 0 aliphatic carbocycles. The zero-order valence-corrected chi connectivity index (χ0v) is 27.0. The minimum absolute atomic E-state index is 0.681. The molecule has 7 aromatic carbocycles. The first-order valence-electron chi connectivity index (χ1n) is 16.6. The van der Waals surface area contributed by atoms with Gasteiger partial charge >= 0.3 is 0 Å². The zero-order chi connectivity index (χ0) is 32.7. The van der Waals surface area contributed by atoms with Gasteiger partial charge in [-0.3, -0.25) is 4.98 Å². The molecule has 49 heavy (non-hydrogen) atoms. The van der Waals surface area contributed by atoms with Gasteiger partial charge in [0.15, 0.2) is 5.82 Å². The zero-order valence-electron chi connectivity index (χ0n) is 27.0. The van der Waals surface area contributed by atoms with Gasteiger partial charge in [-0.15, -0.1) is 0 Å². The van der Waals surface area contributed by atoms with E-state index in [1.165, 1.54) is 32.3 Å². The van der Waals surface area contributed by atoms with Crippen molar-refractivity contribution >= 4 is 32.3 Å². The van der Waals surface area contributed by atoms with Crippen molar-refractivity contribution < 1.29 is 0 Å². The Kier molecular flexibility index (Phi) is 7.02. The molecule has 0 bridgehead atoms. The van der Waals surface area contributed by atoms with Crippen LogP contribution in [0.25, 0.3) is 88.5 Å². The summed E-state index contributed by atoms with van der Waals surface area (Å²) in [6.07, 6.45) is 1.95. The first kappa shape index (κ1) is 28.7. The van der Waals surface area contributed by atoms with Gasteiger partial charge in [0.1, 0.15) is 0 Å². The molecule has 230 valence electrons. The van der Waals surface area contributed by atoms with Crippen molar-refractivity contribution in [1.82, 2.24) is 15.0 Å². The van der Waals surface area contributed by atoms with Crippen molar-refractivity contribution in [1.29, 1.82) is 0 Å². The number of hydrogen-bond acceptors (Lipinski definition) is 3. The van der Waals surface area contributed by atoms with Crippen LogP contribution in [0.2, 0.25) is 0 Å². The molecule has 0 saturated carbocycles. The van der Waals surface area contributed by atoms with Crippen molar-refractivity contribution in [2.24, 2.45) is 0 Å². The number of benzene rings is 7. The number of rotatable bonds is 5. The Morgan fingerprint density at radius 3 is 1.35 bits per heavy atom. The highest BCUT2D eigenvalue weighted by molar-refractivity contribution is 6.25. The fourth-order valence-corrected chi connectivity index (χ4v) is 6.91. The molecule has 0 N–H and O–H groups in total. The van der Waals surface area contributed by atoms with Gasteiger partial charge in [0.05, 0.1) is 11.4 Å². The van der Waals surface area contributed by atoms with E-state index >= 15 is 0 Å². The highest BCUT2D eigenvalue weighted by Crippen LogP contribution is 2.39. The van der Waals surface area contributed by atoms with E-state index in [1.807, 2.05) is 25.3 Å². The van der Waals surface area contributed by atoms with Gasteiger partial charge in [0.25, 0.3) is 0 Å². The highest BCUT2D eigenvalue weighted by atomic mass is 14.9. The third-order valence-corrected chi connectivity index (χ3v) is 9.38. The summed E-state index contributed by atoms with van der Waals surface area (Å²) in [5.74, 6) is 0.681. The SMILES string of the molecule is Cc1ccc(-c2cc(-c3ccc4c5ccccc5c5ccccc5c4c3)cc(-c3nc(-c4ccccc4)cc(-c4ccccc4)n3)c2)cn1. The largest absolute Gasteiger partial charge is 0.261 e. The summed E-state index contributed by atoms with van der Waals surface area (Å²) in [6.45, 7) is 2.02. The summed E-state index contributed by atoms with van der Waals surface area (Å²) in [6, 6.07) is 58.0. The Morgan fingerprint density at radius 1 is 0.327 bits per heavy atom. The molecule has 0 amide bonds. The molecule has 0 unspecified atom stereocenters. The van der Waals surface area contributed by atoms with E-state index in [1.54, 1.807) is 0 Å². The molecule has 3 heteroatoms. The van der Waals surface area contributed by atoms with Crippen LogP contribution in [0.3, 0.4) is 0 Å². The Labute approximate surface area is 285 Å². The van der Waals surface area contributed by atoms with E-state index in [2.05, 4.69) is 157 Å². The Morgan fingerprint density at radius 2 is 0.796 bits per heavy atom. The third kappa shape index (κ3) is 5.32. The summed E-state index contributed by atoms with van der Waals surface area (Å²) < 4.78 is 0. The molecule has 2 aromatic heterocycles. The normalized spacial score (nSPS) is 11.4. The number of aryl methyl sites for hydroxylation is 1. The molecule has 0 fully saturated rings. The molecule has 0 atom stereocenters. The number of pyridine rings is 1. The molecule has 0 spiro atoms. The Bertz CT molecular complexity index is 2550. The molecular weight excluding hydrogens is 595 g/mol. The Hall–Kier alpha value is -6.45. The summed E-state index contributed by atoms with van der Waals surface area (Å²) in [5.41, 5.74) is 10.2. The molecule has 0 saturated heterocycles. The van der Waals surface area contributed by atoms with Crippen LogP contribution in [0.4, 0.5) is 0 Å². The van der Waals surface area contributed by atoms with Crippen LogP contribution in [0, 0.1) is 6.92 Å². The smallest absolute Gasteiger partial charge is 0.160 e. The quantitative estimate of drug-likeness (QED) is 0.179. The first-order valence-corrected chi connectivity index (χ1v) is 16.6. The standard InChI is InChI=1S/C46H31N3/c1-30-20-21-34(29-47-30)36-24-35(33-22-23-42-40-18-9-8-16-38(40)39-17-10-11-19-41(39)43(42)27-33)25-37(26-36)46-48-44(31-12-4-2-5-13-31)28-45(49-46)32-14-6-3-7-15-32/h2-29H,1H3. The van der Waals surface area contributed by atoms with Crippen LogP contribution in [-0.2, 0) is 0 Å². The van der Waals surface area contributed by atoms with Crippen LogP contribution in [0.5, 0.6) is 0 Å². The van der Waals surface area contributed by atoms with Crippen LogP contribution >= 0.6 is 0 Å².